The molecule has 1 aromatic carbocycles. The van der Waals surface area contributed by atoms with Gasteiger partial charge in [0.1, 0.15) is 0 Å². The summed E-state index contributed by atoms with van der Waals surface area (Å²) in [5.74, 6) is 0.706. The number of hydrogen-bond acceptors (Lipinski definition) is 8. The minimum Gasteiger partial charge on any atom is -0.378 e. The monoisotopic (exact) mass is 393 g/mol. The third kappa shape index (κ3) is 3.57. The molecule has 2 fully saturated rings. The minimum atomic E-state index is -3.86. The van der Waals surface area contributed by atoms with Crippen molar-refractivity contribution in [3.63, 3.8) is 0 Å². The molecule has 0 atom stereocenters. The van der Waals surface area contributed by atoms with Gasteiger partial charge < -0.3 is 19.9 Å². The largest absolute Gasteiger partial charge is 0.378 e. The molecule has 1 aliphatic carbocycles. The summed E-state index contributed by atoms with van der Waals surface area (Å²) < 4.78 is 34.6. The average molecular weight is 393 g/mol. The van der Waals surface area contributed by atoms with Crippen molar-refractivity contribution in [1.82, 2.24) is 10.1 Å². The number of morpholine rings is 1. The Morgan fingerprint density at radius 3 is 2.52 bits per heavy atom. The van der Waals surface area contributed by atoms with Crippen LogP contribution >= 0.6 is 0 Å². The SMILES string of the molecule is NC1(c2noc(-c3cc(S(N)(=O)=O)ccc3N3CCOCC3)n2)CCCC1. The Morgan fingerprint density at radius 2 is 1.85 bits per heavy atom. The van der Waals surface area contributed by atoms with Crippen molar-refractivity contribution in [2.45, 2.75) is 36.1 Å². The highest BCUT2D eigenvalue weighted by Crippen LogP contribution is 2.37. The lowest BCUT2D eigenvalue weighted by Gasteiger charge is -2.30. The molecular formula is C17H23N5O4S. The number of hydrogen-bond donors (Lipinski definition) is 2. The first-order valence-electron chi connectivity index (χ1n) is 9.00. The third-order valence-electron chi connectivity index (χ3n) is 5.25. The van der Waals surface area contributed by atoms with Gasteiger partial charge in [0.25, 0.3) is 5.89 Å². The summed E-state index contributed by atoms with van der Waals surface area (Å²) in [6, 6.07) is 4.69. The second kappa shape index (κ2) is 6.86. The molecule has 1 aromatic heterocycles. The Bertz CT molecular complexity index is 931. The summed E-state index contributed by atoms with van der Waals surface area (Å²) in [5.41, 5.74) is 7.17. The van der Waals surface area contributed by atoms with E-state index in [9.17, 15) is 8.42 Å². The summed E-state index contributed by atoms with van der Waals surface area (Å²) in [4.78, 5) is 6.61. The summed E-state index contributed by atoms with van der Waals surface area (Å²) in [7, 11) is -3.86. The van der Waals surface area contributed by atoms with Gasteiger partial charge in [0.15, 0.2) is 5.82 Å². The molecule has 0 unspecified atom stereocenters. The molecule has 0 radical (unpaired) electrons. The highest BCUT2D eigenvalue weighted by Gasteiger charge is 2.36. The predicted molar refractivity (Wildman–Crippen MR) is 98.5 cm³/mol. The van der Waals surface area contributed by atoms with E-state index in [0.29, 0.717) is 37.7 Å². The second-order valence-corrected chi connectivity index (χ2v) is 8.67. The fraction of sp³-hybridized carbons (Fsp3) is 0.529. The number of ether oxygens (including phenoxy) is 1. The van der Waals surface area contributed by atoms with Crippen LogP contribution in [0.2, 0.25) is 0 Å². The Kier molecular flexibility index (Phi) is 4.66. The lowest BCUT2D eigenvalue weighted by Crippen LogP contribution is -2.36. The van der Waals surface area contributed by atoms with Gasteiger partial charge in [-0.25, -0.2) is 13.6 Å². The summed E-state index contributed by atoms with van der Waals surface area (Å²) >= 11 is 0. The summed E-state index contributed by atoms with van der Waals surface area (Å²) in [6.07, 6.45) is 3.67. The molecule has 1 saturated heterocycles. The molecule has 146 valence electrons. The number of rotatable bonds is 4. The maximum absolute atomic E-state index is 11.8. The zero-order valence-electron chi connectivity index (χ0n) is 14.9. The van der Waals surface area contributed by atoms with Gasteiger partial charge in [-0.1, -0.05) is 18.0 Å². The first kappa shape index (κ1) is 18.4. The van der Waals surface area contributed by atoms with Gasteiger partial charge in [0.2, 0.25) is 10.0 Å². The third-order valence-corrected chi connectivity index (χ3v) is 6.16. The molecular weight excluding hydrogens is 370 g/mol. The van der Waals surface area contributed by atoms with Crippen molar-refractivity contribution in [2.75, 3.05) is 31.2 Å². The zero-order chi connectivity index (χ0) is 19.1. The van der Waals surface area contributed by atoms with Gasteiger partial charge in [0.05, 0.1) is 29.2 Å². The van der Waals surface area contributed by atoms with E-state index in [2.05, 4.69) is 15.0 Å². The van der Waals surface area contributed by atoms with Gasteiger partial charge >= 0.3 is 0 Å². The first-order valence-corrected chi connectivity index (χ1v) is 10.5. The molecule has 4 N–H and O–H groups in total. The molecule has 0 bridgehead atoms. The first-order chi connectivity index (χ1) is 12.9. The van der Waals surface area contributed by atoms with Crippen LogP contribution in [0.15, 0.2) is 27.6 Å². The smallest absolute Gasteiger partial charge is 0.260 e. The molecule has 1 aliphatic heterocycles. The Labute approximate surface area is 157 Å². The van der Waals surface area contributed by atoms with Gasteiger partial charge in [-0.3, -0.25) is 0 Å². The van der Waals surface area contributed by atoms with Crippen molar-refractivity contribution in [3.05, 3.63) is 24.0 Å². The molecule has 2 aliphatic rings. The lowest BCUT2D eigenvalue weighted by molar-refractivity contribution is 0.122. The maximum atomic E-state index is 11.8. The Morgan fingerprint density at radius 1 is 1.15 bits per heavy atom. The maximum Gasteiger partial charge on any atom is 0.260 e. The fourth-order valence-electron chi connectivity index (χ4n) is 3.71. The normalized spacial score (nSPS) is 20.1. The molecule has 4 rings (SSSR count). The quantitative estimate of drug-likeness (QED) is 0.783. The number of benzene rings is 1. The van der Waals surface area contributed by atoms with E-state index < -0.39 is 15.6 Å². The minimum absolute atomic E-state index is 0.00223. The topological polar surface area (TPSA) is 138 Å². The van der Waals surface area contributed by atoms with E-state index in [1.54, 1.807) is 6.07 Å². The molecule has 9 nitrogen and oxygen atoms in total. The van der Waals surface area contributed by atoms with Crippen molar-refractivity contribution in [3.8, 4) is 11.5 Å². The standard InChI is InChI=1S/C17H23N5O4S/c18-17(5-1-2-6-17)16-20-15(26-21-16)13-11-12(27(19,23)24)3-4-14(13)22-7-9-25-10-8-22/h3-4,11H,1-2,5-10,18H2,(H2,19,23,24). The lowest BCUT2D eigenvalue weighted by atomic mass is 9.98. The Balaban J connectivity index is 1.78. The van der Waals surface area contributed by atoms with Crippen LogP contribution in [-0.4, -0.2) is 44.9 Å². The molecule has 2 aromatic rings. The Hall–Kier alpha value is -2.01. The van der Waals surface area contributed by atoms with E-state index in [1.165, 1.54) is 12.1 Å². The average Bonchev–Trinajstić information content (AvgIpc) is 3.31. The van der Waals surface area contributed by atoms with Crippen LogP contribution in [0.3, 0.4) is 0 Å². The summed E-state index contributed by atoms with van der Waals surface area (Å²) in [6.45, 7) is 2.56. The molecule has 10 heteroatoms. The molecule has 0 spiro atoms. The van der Waals surface area contributed by atoms with E-state index in [0.717, 1.165) is 31.4 Å². The van der Waals surface area contributed by atoms with Crippen LogP contribution in [0.25, 0.3) is 11.5 Å². The van der Waals surface area contributed by atoms with Gasteiger partial charge in [-0.2, -0.15) is 4.98 Å². The van der Waals surface area contributed by atoms with Crippen LogP contribution in [0.5, 0.6) is 0 Å². The van der Waals surface area contributed by atoms with Crippen LogP contribution < -0.4 is 15.8 Å². The highest BCUT2D eigenvalue weighted by molar-refractivity contribution is 7.89. The van der Waals surface area contributed by atoms with E-state index in [-0.39, 0.29) is 10.8 Å². The van der Waals surface area contributed by atoms with Gasteiger partial charge in [0, 0.05) is 18.8 Å². The number of nitrogens with two attached hydrogens (primary N) is 2. The van der Waals surface area contributed by atoms with Crippen LogP contribution in [0, 0.1) is 0 Å². The second-order valence-electron chi connectivity index (χ2n) is 7.11. The van der Waals surface area contributed by atoms with E-state index >= 15 is 0 Å². The molecule has 0 amide bonds. The fourth-order valence-corrected chi connectivity index (χ4v) is 4.25. The number of aromatic nitrogens is 2. The van der Waals surface area contributed by atoms with Crippen molar-refractivity contribution in [2.24, 2.45) is 10.9 Å². The van der Waals surface area contributed by atoms with Gasteiger partial charge in [-0.15, -0.1) is 0 Å². The highest BCUT2D eigenvalue weighted by atomic mass is 32.2. The zero-order valence-corrected chi connectivity index (χ0v) is 15.7. The molecule has 1 saturated carbocycles. The number of sulfonamides is 1. The van der Waals surface area contributed by atoms with Crippen LogP contribution in [-0.2, 0) is 20.3 Å². The van der Waals surface area contributed by atoms with Crippen LogP contribution in [0.1, 0.15) is 31.5 Å². The van der Waals surface area contributed by atoms with Crippen molar-refractivity contribution >= 4 is 15.7 Å². The molecule has 27 heavy (non-hydrogen) atoms. The van der Waals surface area contributed by atoms with Crippen molar-refractivity contribution < 1.29 is 17.7 Å². The van der Waals surface area contributed by atoms with Gasteiger partial charge in [-0.05, 0) is 31.0 Å². The number of anilines is 1. The predicted octanol–water partition coefficient (Wildman–Crippen LogP) is 0.949. The summed E-state index contributed by atoms with van der Waals surface area (Å²) in [5, 5.41) is 9.40. The van der Waals surface area contributed by atoms with E-state index in [4.69, 9.17) is 20.1 Å². The van der Waals surface area contributed by atoms with E-state index in [1.807, 2.05) is 0 Å². The number of primary sulfonamides is 1. The van der Waals surface area contributed by atoms with Crippen LogP contribution in [0.4, 0.5) is 5.69 Å². The molecule has 2 heterocycles. The number of nitrogens with zero attached hydrogens (tertiary/aromatic N) is 3. The van der Waals surface area contributed by atoms with Crippen molar-refractivity contribution in [1.29, 1.82) is 0 Å².